The van der Waals surface area contributed by atoms with Crippen molar-refractivity contribution in [2.45, 2.75) is 0 Å². The summed E-state index contributed by atoms with van der Waals surface area (Å²) in [5, 5.41) is 0. The first kappa shape index (κ1) is 12.1. The number of pyridine rings is 1. The van der Waals surface area contributed by atoms with E-state index in [2.05, 4.69) is 9.72 Å². The molecule has 0 fully saturated rings. The summed E-state index contributed by atoms with van der Waals surface area (Å²) in [6.45, 7) is -0.0806. The van der Waals surface area contributed by atoms with Gasteiger partial charge in [0.15, 0.2) is 6.61 Å². The quantitative estimate of drug-likeness (QED) is 0.773. The largest absolute Gasteiger partial charge is 0.482 e. The fraction of sp³-hybridized carbons (Fsp3) is 0.143. The fourth-order valence-corrected chi connectivity index (χ4v) is 1.48. The SMILES string of the molecule is COC(=O)COc1ccc(-c2cccnc2)cc1. The second kappa shape index (κ2) is 5.82. The van der Waals surface area contributed by atoms with Crippen LogP contribution in [-0.4, -0.2) is 24.7 Å². The van der Waals surface area contributed by atoms with Crippen molar-refractivity contribution in [1.82, 2.24) is 4.98 Å². The van der Waals surface area contributed by atoms with Crippen molar-refractivity contribution in [3.8, 4) is 16.9 Å². The van der Waals surface area contributed by atoms with E-state index in [1.54, 1.807) is 12.4 Å². The molecule has 4 heteroatoms. The topological polar surface area (TPSA) is 48.4 Å². The summed E-state index contributed by atoms with van der Waals surface area (Å²) in [5.41, 5.74) is 2.09. The van der Waals surface area contributed by atoms with Crippen molar-refractivity contribution in [3.05, 3.63) is 48.8 Å². The Morgan fingerprint density at radius 1 is 1.17 bits per heavy atom. The number of carbonyl (C=O) groups is 1. The molecular formula is C14H13NO3. The van der Waals surface area contributed by atoms with Crippen LogP contribution in [0.1, 0.15) is 0 Å². The molecule has 0 spiro atoms. The highest BCUT2D eigenvalue weighted by atomic mass is 16.6. The van der Waals surface area contributed by atoms with Crippen LogP contribution in [0.2, 0.25) is 0 Å². The molecule has 0 saturated heterocycles. The molecule has 0 aliphatic rings. The number of rotatable bonds is 4. The van der Waals surface area contributed by atoms with Gasteiger partial charge in [-0.2, -0.15) is 0 Å². The van der Waals surface area contributed by atoms with E-state index < -0.39 is 5.97 Å². The Kier molecular flexibility index (Phi) is 3.91. The Hall–Kier alpha value is -2.36. The van der Waals surface area contributed by atoms with Crippen molar-refractivity contribution in [1.29, 1.82) is 0 Å². The maximum atomic E-state index is 10.9. The molecule has 0 amide bonds. The number of nitrogens with zero attached hydrogens (tertiary/aromatic N) is 1. The molecule has 1 heterocycles. The molecule has 0 aliphatic carbocycles. The zero-order valence-electron chi connectivity index (χ0n) is 10.00. The van der Waals surface area contributed by atoms with Crippen LogP contribution in [0, 0.1) is 0 Å². The van der Waals surface area contributed by atoms with Crippen LogP contribution in [0.15, 0.2) is 48.8 Å². The van der Waals surface area contributed by atoms with Crippen LogP contribution in [0.5, 0.6) is 5.75 Å². The third-order valence-electron chi connectivity index (χ3n) is 2.43. The lowest BCUT2D eigenvalue weighted by molar-refractivity contribution is -0.142. The molecule has 1 aromatic carbocycles. The van der Waals surface area contributed by atoms with Crippen molar-refractivity contribution in [2.75, 3.05) is 13.7 Å². The van der Waals surface area contributed by atoms with E-state index in [0.29, 0.717) is 5.75 Å². The molecule has 0 N–H and O–H groups in total. The van der Waals surface area contributed by atoms with Gasteiger partial charge in [-0.1, -0.05) is 18.2 Å². The first-order valence-corrected chi connectivity index (χ1v) is 5.49. The van der Waals surface area contributed by atoms with Gasteiger partial charge < -0.3 is 9.47 Å². The molecule has 2 aromatic rings. The third-order valence-corrected chi connectivity index (χ3v) is 2.43. The average molecular weight is 243 g/mol. The molecule has 0 aliphatic heterocycles. The lowest BCUT2D eigenvalue weighted by atomic mass is 10.1. The van der Waals surface area contributed by atoms with E-state index in [9.17, 15) is 4.79 Å². The summed E-state index contributed by atoms with van der Waals surface area (Å²) in [6, 6.07) is 11.3. The highest BCUT2D eigenvalue weighted by molar-refractivity contribution is 5.71. The average Bonchev–Trinajstić information content (AvgIpc) is 2.46. The second-order valence-electron chi connectivity index (χ2n) is 3.63. The Morgan fingerprint density at radius 3 is 2.56 bits per heavy atom. The van der Waals surface area contributed by atoms with Crippen LogP contribution < -0.4 is 4.74 Å². The molecule has 92 valence electrons. The molecule has 1 aromatic heterocycles. The summed E-state index contributed by atoms with van der Waals surface area (Å²) >= 11 is 0. The lowest BCUT2D eigenvalue weighted by Gasteiger charge is -2.06. The monoisotopic (exact) mass is 243 g/mol. The number of esters is 1. The molecule has 0 atom stereocenters. The number of benzene rings is 1. The number of hydrogen-bond donors (Lipinski definition) is 0. The highest BCUT2D eigenvalue weighted by Gasteiger charge is 2.02. The van der Waals surface area contributed by atoms with Gasteiger partial charge in [0.2, 0.25) is 0 Å². The molecule has 0 saturated carbocycles. The van der Waals surface area contributed by atoms with E-state index in [1.165, 1.54) is 7.11 Å². The predicted octanol–water partition coefficient (Wildman–Crippen LogP) is 2.30. The Bertz CT molecular complexity index is 508. The van der Waals surface area contributed by atoms with Crippen LogP contribution in [0.25, 0.3) is 11.1 Å². The Morgan fingerprint density at radius 2 is 1.94 bits per heavy atom. The van der Waals surface area contributed by atoms with Gasteiger partial charge in [0, 0.05) is 12.4 Å². The van der Waals surface area contributed by atoms with E-state index in [1.807, 2.05) is 36.4 Å². The molecule has 2 rings (SSSR count). The molecule has 0 bridgehead atoms. The lowest BCUT2D eigenvalue weighted by Crippen LogP contribution is -2.12. The fourth-order valence-electron chi connectivity index (χ4n) is 1.48. The number of hydrogen-bond acceptors (Lipinski definition) is 4. The van der Waals surface area contributed by atoms with Gasteiger partial charge in [-0.3, -0.25) is 4.98 Å². The van der Waals surface area contributed by atoms with Crippen molar-refractivity contribution in [3.63, 3.8) is 0 Å². The second-order valence-corrected chi connectivity index (χ2v) is 3.63. The summed E-state index contributed by atoms with van der Waals surface area (Å²) in [5.74, 6) is 0.236. The first-order valence-electron chi connectivity index (χ1n) is 5.49. The zero-order valence-corrected chi connectivity index (χ0v) is 10.00. The summed E-state index contributed by atoms with van der Waals surface area (Å²) < 4.78 is 9.75. The van der Waals surface area contributed by atoms with E-state index in [-0.39, 0.29) is 6.61 Å². The number of aromatic nitrogens is 1. The molecule has 0 unspecified atom stereocenters. The number of methoxy groups -OCH3 is 1. The van der Waals surface area contributed by atoms with Gasteiger partial charge in [0.1, 0.15) is 5.75 Å². The highest BCUT2D eigenvalue weighted by Crippen LogP contribution is 2.21. The van der Waals surface area contributed by atoms with E-state index >= 15 is 0 Å². The maximum absolute atomic E-state index is 10.9. The standard InChI is InChI=1S/C14H13NO3/c1-17-14(16)10-18-13-6-4-11(5-7-13)12-3-2-8-15-9-12/h2-9H,10H2,1H3. The maximum Gasteiger partial charge on any atom is 0.343 e. The van der Waals surface area contributed by atoms with Gasteiger partial charge in [-0.15, -0.1) is 0 Å². The van der Waals surface area contributed by atoms with E-state index in [4.69, 9.17) is 4.74 Å². The van der Waals surface area contributed by atoms with Crippen LogP contribution >= 0.6 is 0 Å². The van der Waals surface area contributed by atoms with Crippen molar-refractivity contribution in [2.24, 2.45) is 0 Å². The molecule has 4 nitrogen and oxygen atoms in total. The van der Waals surface area contributed by atoms with E-state index in [0.717, 1.165) is 11.1 Å². The minimum absolute atomic E-state index is 0.0806. The summed E-state index contributed by atoms with van der Waals surface area (Å²) in [4.78, 5) is 15.0. The van der Waals surface area contributed by atoms with Gasteiger partial charge >= 0.3 is 5.97 Å². The Balaban J connectivity index is 2.04. The molecular weight excluding hydrogens is 230 g/mol. The van der Waals surface area contributed by atoms with Crippen molar-refractivity contribution >= 4 is 5.97 Å². The smallest absolute Gasteiger partial charge is 0.343 e. The summed E-state index contributed by atoms with van der Waals surface area (Å²) in [6.07, 6.45) is 3.53. The zero-order chi connectivity index (χ0) is 12.8. The normalized spacial score (nSPS) is 9.83. The molecule has 18 heavy (non-hydrogen) atoms. The van der Waals surface area contributed by atoms with Crippen molar-refractivity contribution < 1.29 is 14.3 Å². The van der Waals surface area contributed by atoms with Gasteiger partial charge in [0.25, 0.3) is 0 Å². The minimum Gasteiger partial charge on any atom is -0.482 e. The first-order chi connectivity index (χ1) is 8.79. The van der Waals surface area contributed by atoms with Gasteiger partial charge in [0.05, 0.1) is 7.11 Å². The van der Waals surface area contributed by atoms with Crippen LogP contribution in [0.3, 0.4) is 0 Å². The van der Waals surface area contributed by atoms with Crippen LogP contribution in [-0.2, 0) is 9.53 Å². The van der Waals surface area contributed by atoms with Gasteiger partial charge in [-0.25, -0.2) is 4.79 Å². The minimum atomic E-state index is -0.397. The third kappa shape index (κ3) is 3.07. The number of ether oxygens (including phenoxy) is 2. The predicted molar refractivity (Wildman–Crippen MR) is 67.2 cm³/mol. The molecule has 0 radical (unpaired) electrons. The summed E-state index contributed by atoms with van der Waals surface area (Å²) in [7, 11) is 1.33. The van der Waals surface area contributed by atoms with Gasteiger partial charge in [-0.05, 0) is 29.3 Å². The number of carbonyl (C=O) groups excluding carboxylic acids is 1. The van der Waals surface area contributed by atoms with Crippen LogP contribution in [0.4, 0.5) is 0 Å². The Labute approximate surface area is 105 Å².